The van der Waals surface area contributed by atoms with Crippen molar-refractivity contribution in [3.05, 3.63) is 12.0 Å². The highest BCUT2D eigenvalue weighted by molar-refractivity contribution is 5.40. The molecule has 0 bridgehead atoms. The molecule has 6 nitrogen and oxygen atoms in total. The van der Waals surface area contributed by atoms with Crippen LogP contribution in [-0.2, 0) is 4.74 Å². The first-order valence-electron chi connectivity index (χ1n) is 5.60. The second kappa shape index (κ2) is 5.74. The predicted molar refractivity (Wildman–Crippen MR) is 61.8 cm³/mol. The van der Waals surface area contributed by atoms with Crippen molar-refractivity contribution in [2.75, 3.05) is 30.5 Å². The molecule has 0 aromatic carbocycles. The molecular weight excluding hydrogens is 225 g/mol. The molecule has 0 saturated heterocycles. The molecule has 0 amide bonds. The van der Waals surface area contributed by atoms with Gasteiger partial charge in [-0.15, -0.1) is 0 Å². The van der Waals surface area contributed by atoms with Crippen LogP contribution in [0.25, 0.3) is 0 Å². The van der Waals surface area contributed by atoms with E-state index in [-0.39, 0.29) is 11.8 Å². The van der Waals surface area contributed by atoms with Crippen molar-refractivity contribution in [3.8, 4) is 0 Å². The van der Waals surface area contributed by atoms with Crippen molar-refractivity contribution in [1.82, 2.24) is 9.97 Å². The summed E-state index contributed by atoms with van der Waals surface area (Å²) in [5, 5.41) is 2.84. The van der Waals surface area contributed by atoms with Crippen LogP contribution in [0.2, 0.25) is 0 Å². The van der Waals surface area contributed by atoms with E-state index in [4.69, 9.17) is 10.6 Å². The molecule has 2 rings (SSSR count). The molecule has 1 heterocycles. The molecule has 1 aliphatic rings. The van der Waals surface area contributed by atoms with E-state index in [1.807, 2.05) is 0 Å². The van der Waals surface area contributed by atoms with E-state index in [9.17, 15) is 4.39 Å². The van der Waals surface area contributed by atoms with Crippen molar-refractivity contribution in [3.63, 3.8) is 0 Å². The molecule has 0 radical (unpaired) electrons. The minimum Gasteiger partial charge on any atom is -0.379 e. The van der Waals surface area contributed by atoms with E-state index in [1.165, 1.54) is 12.8 Å². The summed E-state index contributed by atoms with van der Waals surface area (Å²) in [7, 11) is 0. The standard InChI is InChI=1S/C10H16FN5O/c11-8-5-14-10(16-12)15-9(8)13-3-4-17-6-7-1-2-7/h5,7H,1-4,6,12H2,(H2,13,14,15,16). The first-order valence-corrected chi connectivity index (χ1v) is 5.60. The lowest BCUT2D eigenvalue weighted by Gasteiger charge is -2.08. The predicted octanol–water partition coefficient (Wildman–Crippen LogP) is 0.740. The summed E-state index contributed by atoms with van der Waals surface area (Å²) in [6.45, 7) is 1.83. The summed E-state index contributed by atoms with van der Waals surface area (Å²) >= 11 is 0. The zero-order valence-electron chi connectivity index (χ0n) is 9.45. The minimum absolute atomic E-state index is 0.128. The van der Waals surface area contributed by atoms with Crippen molar-refractivity contribution in [2.45, 2.75) is 12.8 Å². The van der Waals surface area contributed by atoms with Crippen LogP contribution >= 0.6 is 0 Å². The highest BCUT2D eigenvalue weighted by Gasteiger charge is 2.20. The monoisotopic (exact) mass is 241 g/mol. The normalized spacial score (nSPS) is 14.7. The zero-order chi connectivity index (χ0) is 12.1. The number of hydrogen-bond acceptors (Lipinski definition) is 6. The van der Waals surface area contributed by atoms with E-state index < -0.39 is 5.82 Å². The molecule has 1 saturated carbocycles. The van der Waals surface area contributed by atoms with Gasteiger partial charge in [0.2, 0.25) is 5.95 Å². The number of nitrogens with two attached hydrogens (primary N) is 1. The Morgan fingerprint density at radius 2 is 2.35 bits per heavy atom. The van der Waals surface area contributed by atoms with E-state index >= 15 is 0 Å². The third kappa shape index (κ3) is 3.79. The van der Waals surface area contributed by atoms with Crippen molar-refractivity contribution >= 4 is 11.8 Å². The number of halogens is 1. The van der Waals surface area contributed by atoms with Gasteiger partial charge in [0.05, 0.1) is 12.8 Å². The number of hydrogen-bond donors (Lipinski definition) is 3. The number of nitrogens with zero attached hydrogens (tertiary/aromatic N) is 2. The maximum absolute atomic E-state index is 13.3. The zero-order valence-corrected chi connectivity index (χ0v) is 9.45. The van der Waals surface area contributed by atoms with Gasteiger partial charge in [-0.1, -0.05) is 0 Å². The van der Waals surface area contributed by atoms with Gasteiger partial charge in [0.15, 0.2) is 11.6 Å². The molecule has 17 heavy (non-hydrogen) atoms. The maximum atomic E-state index is 13.3. The Kier molecular flexibility index (Phi) is 4.05. The van der Waals surface area contributed by atoms with E-state index in [1.54, 1.807) is 0 Å². The van der Waals surface area contributed by atoms with Gasteiger partial charge in [0.1, 0.15) is 0 Å². The lowest BCUT2D eigenvalue weighted by atomic mass is 10.5. The number of rotatable bonds is 7. The number of aromatic nitrogens is 2. The third-order valence-corrected chi connectivity index (χ3v) is 2.46. The number of anilines is 2. The maximum Gasteiger partial charge on any atom is 0.239 e. The van der Waals surface area contributed by atoms with Crippen LogP contribution in [0.3, 0.4) is 0 Å². The average Bonchev–Trinajstić information content (AvgIpc) is 3.15. The highest BCUT2D eigenvalue weighted by Crippen LogP contribution is 2.28. The molecule has 0 atom stereocenters. The van der Waals surface area contributed by atoms with Crippen LogP contribution in [0.4, 0.5) is 16.2 Å². The minimum atomic E-state index is -0.508. The second-order valence-electron chi connectivity index (χ2n) is 3.98. The smallest absolute Gasteiger partial charge is 0.239 e. The quantitative estimate of drug-likeness (QED) is 0.371. The van der Waals surface area contributed by atoms with Gasteiger partial charge in [0.25, 0.3) is 0 Å². The Hall–Kier alpha value is -1.47. The number of nitrogens with one attached hydrogen (secondary N) is 2. The lowest BCUT2D eigenvalue weighted by Crippen LogP contribution is -2.15. The van der Waals surface area contributed by atoms with Gasteiger partial charge in [-0.25, -0.2) is 15.2 Å². The fourth-order valence-corrected chi connectivity index (χ4v) is 1.34. The molecular formula is C10H16FN5O. The first kappa shape index (κ1) is 12.0. The molecule has 0 unspecified atom stereocenters. The van der Waals surface area contributed by atoms with Gasteiger partial charge in [-0.05, 0) is 18.8 Å². The van der Waals surface area contributed by atoms with Crippen LogP contribution in [-0.4, -0.2) is 29.7 Å². The lowest BCUT2D eigenvalue weighted by molar-refractivity contribution is 0.134. The van der Waals surface area contributed by atoms with Gasteiger partial charge in [0, 0.05) is 13.2 Å². The van der Waals surface area contributed by atoms with E-state index in [2.05, 4.69) is 20.7 Å². The van der Waals surface area contributed by atoms with Gasteiger partial charge < -0.3 is 10.1 Å². The van der Waals surface area contributed by atoms with E-state index in [0.717, 1.165) is 18.7 Å². The van der Waals surface area contributed by atoms with Crippen LogP contribution in [0.1, 0.15) is 12.8 Å². The van der Waals surface area contributed by atoms with Crippen LogP contribution in [0, 0.1) is 11.7 Å². The Bertz CT molecular complexity index is 372. The Balaban J connectivity index is 1.72. The molecule has 1 aromatic heterocycles. The van der Waals surface area contributed by atoms with Crippen molar-refractivity contribution < 1.29 is 9.13 Å². The van der Waals surface area contributed by atoms with Crippen LogP contribution < -0.4 is 16.6 Å². The second-order valence-corrected chi connectivity index (χ2v) is 3.98. The summed E-state index contributed by atoms with van der Waals surface area (Å²) in [6.07, 6.45) is 3.59. The molecule has 0 aliphatic heterocycles. The first-order chi connectivity index (χ1) is 8.29. The highest BCUT2D eigenvalue weighted by atomic mass is 19.1. The van der Waals surface area contributed by atoms with Crippen LogP contribution in [0.15, 0.2) is 6.20 Å². The number of nitrogen functional groups attached to an aromatic ring is 1. The van der Waals surface area contributed by atoms with Crippen molar-refractivity contribution in [2.24, 2.45) is 11.8 Å². The number of hydrazine groups is 1. The Labute approximate surface area is 98.7 Å². The molecule has 0 spiro atoms. The molecule has 94 valence electrons. The largest absolute Gasteiger partial charge is 0.379 e. The SMILES string of the molecule is NNc1ncc(F)c(NCCOCC2CC2)n1. The van der Waals surface area contributed by atoms with Gasteiger partial charge in [-0.3, -0.25) is 5.43 Å². The fraction of sp³-hybridized carbons (Fsp3) is 0.600. The summed E-state index contributed by atoms with van der Waals surface area (Å²) in [5.41, 5.74) is 2.26. The van der Waals surface area contributed by atoms with Crippen molar-refractivity contribution in [1.29, 1.82) is 0 Å². The Morgan fingerprint density at radius 1 is 1.53 bits per heavy atom. The summed E-state index contributed by atoms with van der Waals surface area (Å²) < 4.78 is 18.7. The fourth-order valence-electron chi connectivity index (χ4n) is 1.34. The molecule has 1 aliphatic carbocycles. The molecule has 1 fully saturated rings. The summed E-state index contributed by atoms with van der Waals surface area (Å²) in [5.74, 6) is 5.66. The summed E-state index contributed by atoms with van der Waals surface area (Å²) in [4.78, 5) is 7.49. The topological polar surface area (TPSA) is 85.1 Å². The van der Waals surface area contributed by atoms with Crippen LogP contribution in [0.5, 0.6) is 0 Å². The molecule has 7 heteroatoms. The van der Waals surface area contributed by atoms with E-state index in [0.29, 0.717) is 13.2 Å². The average molecular weight is 241 g/mol. The summed E-state index contributed by atoms with van der Waals surface area (Å²) in [6, 6.07) is 0. The third-order valence-electron chi connectivity index (χ3n) is 2.46. The molecule has 1 aromatic rings. The number of ether oxygens (including phenoxy) is 1. The Morgan fingerprint density at radius 3 is 3.06 bits per heavy atom. The molecule has 4 N–H and O–H groups in total. The van der Waals surface area contributed by atoms with Gasteiger partial charge in [-0.2, -0.15) is 4.98 Å². The van der Waals surface area contributed by atoms with Gasteiger partial charge >= 0.3 is 0 Å².